The number of ether oxygens (including phenoxy) is 3. The molecule has 4 aromatic rings. The number of piperidine rings is 1. The van der Waals surface area contributed by atoms with Crippen molar-refractivity contribution in [3.05, 3.63) is 81.8 Å². The highest BCUT2D eigenvalue weighted by atomic mass is 19.3. The van der Waals surface area contributed by atoms with Crippen molar-refractivity contribution >= 4 is 11.6 Å². The van der Waals surface area contributed by atoms with Crippen LogP contribution < -0.4 is 30.4 Å². The number of alkyl halides is 2. The van der Waals surface area contributed by atoms with Crippen molar-refractivity contribution < 1.29 is 36.6 Å². The van der Waals surface area contributed by atoms with Crippen molar-refractivity contribution in [3.63, 3.8) is 0 Å². The average Bonchev–Trinajstić information content (AvgIpc) is 3.25. The van der Waals surface area contributed by atoms with Crippen molar-refractivity contribution in [3.8, 4) is 34.3 Å². The van der Waals surface area contributed by atoms with Gasteiger partial charge in [-0.25, -0.2) is 13.8 Å². The van der Waals surface area contributed by atoms with Gasteiger partial charge < -0.3 is 24.8 Å². The molecule has 1 unspecified atom stereocenters. The number of anilines is 1. The highest BCUT2D eigenvalue weighted by Gasteiger charge is 2.29. The van der Waals surface area contributed by atoms with E-state index in [0.717, 1.165) is 48.3 Å². The summed E-state index contributed by atoms with van der Waals surface area (Å²) in [6.45, 7) is -1.52. The molecule has 10 nitrogen and oxygen atoms in total. The largest absolute Gasteiger partial charge is 0.497 e. The van der Waals surface area contributed by atoms with Crippen molar-refractivity contribution in [2.75, 3.05) is 32.6 Å². The van der Waals surface area contributed by atoms with Crippen molar-refractivity contribution in [1.29, 1.82) is 0 Å². The molecule has 2 aromatic carbocycles. The Morgan fingerprint density at radius 1 is 1.02 bits per heavy atom. The minimum Gasteiger partial charge on any atom is -0.497 e. The van der Waals surface area contributed by atoms with Gasteiger partial charge in [0.05, 0.1) is 25.5 Å². The molecule has 0 aliphatic carbocycles. The lowest BCUT2D eigenvalue weighted by molar-refractivity contribution is -0.0498. The third-order valence-corrected chi connectivity index (χ3v) is 7.31. The van der Waals surface area contributed by atoms with Gasteiger partial charge in [-0.2, -0.15) is 13.5 Å². The zero-order chi connectivity index (χ0) is 31.5. The normalized spacial score (nSPS) is 14.9. The zero-order valence-electron chi connectivity index (χ0n) is 24.0. The van der Waals surface area contributed by atoms with E-state index in [9.17, 15) is 18.4 Å². The molecule has 2 N–H and O–H groups in total. The summed E-state index contributed by atoms with van der Waals surface area (Å²) in [5, 5.41) is 5.78. The molecule has 0 spiro atoms. The van der Waals surface area contributed by atoms with Crippen LogP contribution in [0.4, 0.5) is 23.2 Å². The number of nitrogens with zero attached hydrogens (tertiary/aromatic N) is 3. The Labute approximate surface area is 249 Å². The molecule has 5 rings (SSSR count). The summed E-state index contributed by atoms with van der Waals surface area (Å²) < 4.78 is 73.1. The first-order valence-electron chi connectivity index (χ1n) is 13.6. The van der Waals surface area contributed by atoms with Crippen LogP contribution in [0.1, 0.15) is 34.8 Å². The van der Waals surface area contributed by atoms with E-state index in [-0.39, 0.29) is 34.5 Å². The van der Waals surface area contributed by atoms with Gasteiger partial charge in [-0.15, -0.1) is 0 Å². The molecule has 232 valence electrons. The SMILES string of the molecule is COc1cc(C2CCCNC2)nc(-n2c(=O)c(NC(=O)c3ccc(OC(F)F)cc3)c(-c3c(F)cc(OC)cc3F)n2C)c1. The number of hydrogen-bond acceptors (Lipinski definition) is 7. The third kappa shape index (κ3) is 6.11. The molecule has 1 atom stereocenters. The van der Waals surface area contributed by atoms with Crippen LogP contribution in [0, 0.1) is 11.6 Å². The molecule has 0 radical (unpaired) electrons. The molecular formula is C30H29F4N5O5. The maximum atomic E-state index is 15.4. The molecule has 2 aromatic heterocycles. The molecule has 1 fully saturated rings. The maximum Gasteiger partial charge on any atom is 0.387 e. The fourth-order valence-corrected chi connectivity index (χ4v) is 5.18. The van der Waals surface area contributed by atoms with Crippen LogP contribution >= 0.6 is 0 Å². The number of benzene rings is 2. The minimum atomic E-state index is -3.06. The second kappa shape index (κ2) is 12.8. The van der Waals surface area contributed by atoms with E-state index >= 15 is 8.78 Å². The first-order chi connectivity index (χ1) is 21.1. The van der Waals surface area contributed by atoms with Gasteiger partial charge in [0.1, 0.15) is 40.3 Å². The molecule has 14 heteroatoms. The fraction of sp³-hybridized carbons (Fsp3) is 0.300. The summed E-state index contributed by atoms with van der Waals surface area (Å²) in [7, 11) is 4.11. The Morgan fingerprint density at radius 3 is 2.27 bits per heavy atom. The summed E-state index contributed by atoms with van der Waals surface area (Å²) in [6, 6.07) is 9.87. The van der Waals surface area contributed by atoms with Gasteiger partial charge in [0.15, 0.2) is 5.82 Å². The number of rotatable bonds is 9. The Balaban J connectivity index is 1.66. The first kappa shape index (κ1) is 30.6. The second-order valence-corrected chi connectivity index (χ2v) is 10.0. The molecular weight excluding hydrogens is 586 g/mol. The Bertz CT molecular complexity index is 1710. The van der Waals surface area contributed by atoms with Gasteiger partial charge in [0, 0.05) is 49.3 Å². The van der Waals surface area contributed by atoms with Gasteiger partial charge in [-0.05, 0) is 43.7 Å². The molecule has 44 heavy (non-hydrogen) atoms. The standard InChI is InChI=1S/C30H29F4N5O5/c1-38-27(25-21(31)11-19(42-2)12-22(25)32)26(37-28(40)16-6-8-18(9-7-16)44-30(33)34)29(41)39(38)24-14-20(43-3)13-23(36-24)17-5-4-10-35-15-17/h6-9,11-14,17,30,35H,4-5,10,15H2,1-3H3,(H,37,40). The number of aromatic nitrogens is 3. The molecule has 1 saturated heterocycles. The van der Waals surface area contributed by atoms with E-state index in [1.807, 2.05) is 0 Å². The number of hydrogen-bond donors (Lipinski definition) is 2. The average molecular weight is 616 g/mol. The van der Waals surface area contributed by atoms with E-state index in [0.29, 0.717) is 18.0 Å². The molecule has 1 amide bonds. The number of carbonyl (C=O) groups is 1. The summed E-state index contributed by atoms with van der Waals surface area (Å²) in [5.74, 6) is -2.69. The smallest absolute Gasteiger partial charge is 0.387 e. The molecule has 0 bridgehead atoms. The van der Waals surface area contributed by atoms with Gasteiger partial charge in [0.25, 0.3) is 11.5 Å². The van der Waals surface area contributed by atoms with Crippen LogP contribution in [-0.4, -0.2) is 54.2 Å². The Morgan fingerprint density at radius 2 is 1.68 bits per heavy atom. The lowest BCUT2D eigenvalue weighted by Gasteiger charge is -2.23. The zero-order valence-corrected chi connectivity index (χ0v) is 24.0. The van der Waals surface area contributed by atoms with Gasteiger partial charge in [-0.1, -0.05) is 0 Å². The lowest BCUT2D eigenvalue weighted by atomic mass is 9.95. The van der Waals surface area contributed by atoms with Crippen LogP contribution in [0.15, 0.2) is 53.3 Å². The van der Waals surface area contributed by atoms with E-state index in [1.165, 1.54) is 44.1 Å². The van der Waals surface area contributed by atoms with Crippen LogP contribution in [0.25, 0.3) is 17.1 Å². The van der Waals surface area contributed by atoms with Crippen LogP contribution in [-0.2, 0) is 7.05 Å². The van der Waals surface area contributed by atoms with E-state index < -0.39 is 41.0 Å². The van der Waals surface area contributed by atoms with Gasteiger partial charge >= 0.3 is 6.61 Å². The molecule has 1 aliphatic rings. The highest BCUT2D eigenvalue weighted by Crippen LogP contribution is 2.35. The second-order valence-electron chi connectivity index (χ2n) is 10.0. The number of halogens is 4. The van der Waals surface area contributed by atoms with Gasteiger partial charge in [0.2, 0.25) is 0 Å². The van der Waals surface area contributed by atoms with Crippen molar-refractivity contribution in [2.24, 2.45) is 7.05 Å². The maximum absolute atomic E-state index is 15.4. The summed E-state index contributed by atoms with van der Waals surface area (Å²) in [4.78, 5) is 32.0. The first-order valence-corrected chi connectivity index (χ1v) is 13.6. The Hall–Kier alpha value is -4.85. The van der Waals surface area contributed by atoms with E-state index in [1.54, 1.807) is 6.07 Å². The number of pyridine rings is 1. The third-order valence-electron chi connectivity index (χ3n) is 7.31. The summed E-state index contributed by atoms with van der Waals surface area (Å²) in [5.41, 5.74) is -1.55. The molecule has 0 saturated carbocycles. The topological polar surface area (TPSA) is 109 Å². The minimum absolute atomic E-state index is 0.0284. The number of nitrogens with one attached hydrogen (secondary N) is 2. The predicted octanol–water partition coefficient (Wildman–Crippen LogP) is 4.85. The quantitative estimate of drug-likeness (QED) is 0.259. The van der Waals surface area contributed by atoms with E-state index in [4.69, 9.17) is 14.5 Å². The highest BCUT2D eigenvalue weighted by molar-refractivity contribution is 6.06. The van der Waals surface area contributed by atoms with Gasteiger partial charge in [-0.3, -0.25) is 14.3 Å². The summed E-state index contributed by atoms with van der Waals surface area (Å²) in [6.07, 6.45) is 1.78. The lowest BCUT2D eigenvalue weighted by Crippen LogP contribution is -2.29. The summed E-state index contributed by atoms with van der Waals surface area (Å²) >= 11 is 0. The Kier molecular flexibility index (Phi) is 8.90. The molecule has 3 heterocycles. The van der Waals surface area contributed by atoms with E-state index in [2.05, 4.69) is 15.4 Å². The number of methoxy groups -OCH3 is 2. The van der Waals surface area contributed by atoms with Crippen LogP contribution in [0.5, 0.6) is 17.2 Å². The van der Waals surface area contributed by atoms with Crippen molar-refractivity contribution in [1.82, 2.24) is 19.7 Å². The predicted molar refractivity (Wildman–Crippen MR) is 153 cm³/mol. The number of amides is 1. The number of carbonyl (C=O) groups excluding carboxylic acids is 1. The molecule has 1 aliphatic heterocycles. The monoisotopic (exact) mass is 615 g/mol. The van der Waals surface area contributed by atoms with Crippen LogP contribution in [0.2, 0.25) is 0 Å². The fourth-order valence-electron chi connectivity index (χ4n) is 5.18. The van der Waals surface area contributed by atoms with Crippen molar-refractivity contribution in [2.45, 2.75) is 25.4 Å². The van der Waals surface area contributed by atoms with Crippen LogP contribution in [0.3, 0.4) is 0 Å².